The van der Waals surface area contributed by atoms with Crippen LogP contribution in [0.1, 0.15) is 0 Å². The Kier molecular flexibility index (Phi) is 1.66. The Balaban J connectivity index is 2.95. The number of hydrogen-bond acceptors (Lipinski definition) is 2. The summed E-state index contributed by atoms with van der Waals surface area (Å²) < 4.78 is 2.89. The highest BCUT2D eigenvalue weighted by atomic mass is 79.9. The van der Waals surface area contributed by atoms with E-state index in [0.717, 1.165) is 15.5 Å². The van der Waals surface area contributed by atoms with E-state index in [2.05, 4.69) is 35.3 Å². The maximum Gasteiger partial charge on any atom is 0.147 e. The fourth-order valence-corrected chi connectivity index (χ4v) is 2.02. The van der Waals surface area contributed by atoms with Crippen LogP contribution in [0.4, 0.5) is 0 Å². The van der Waals surface area contributed by atoms with Gasteiger partial charge in [-0.15, -0.1) is 0 Å². The van der Waals surface area contributed by atoms with Gasteiger partial charge in [0.25, 0.3) is 0 Å². The molecule has 2 aromatic rings. The van der Waals surface area contributed by atoms with Gasteiger partial charge in [0.05, 0.1) is 5.39 Å². The predicted molar refractivity (Wildman–Crippen MR) is 50.3 cm³/mol. The van der Waals surface area contributed by atoms with Crippen molar-refractivity contribution < 1.29 is 0 Å². The van der Waals surface area contributed by atoms with E-state index >= 15 is 0 Å². The molecule has 0 amide bonds. The maximum absolute atomic E-state index is 4.10. The van der Waals surface area contributed by atoms with Crippen LogP contribution in [0.3, 0.4) is 0 Å². The van der Waals surface area contributed by atoms with E-state index in [1.165, 1.54) is 6.33 Å². The van der Waals surface area contributed by atoms with E-state index < -0.39 is 0 Å². The molecule has 1 atom stereocenters. The summed E-state index contributed by atoms with van der Waals surface area (Å²) in [6, 6.07) is 0. The third kappa shape index (κ3) is 1.06. The van der Waals surface area contributed by atoms with Gasteiger partial charge < -0.3 is 4.34 Å². The van der Waals surface area contributed by atoms with Crippen molar-refractivity contribution in [3.05, 3.63) is 23.2 Å². The van der Waals surface area contributed by atoms with Crippen LogP contribution in [-0.2, 0) is 0 Å². The summed E-state index contributed by atoms with van der Waals surface area (Å²) in [7, 11) is 2.56. The Hall–Kier alpha value is -0.470. The molecule has 0 spiro atoms. The third-order valence-corrected chi connectivity index (χ3v) is 2.47. The second kappa shape index (κ2) is 2.54. The van der Waals surface area contributed by atoms with E-state index in [-0.39, 0.29) is 0 Å². The van der Waals surface area contributed by atoms with Gasteiger partial charge in [-0.1, -0.05) is 0 Å². The molecule has 0 aromatic carbocycles. The lowest BCUT2D eigenvalue weighted by atomic mass is 10.4. The van der Waals surface area contributed by atoms with E-state index in [1.54, 1.807) is 6.20 Å². The molecule has 0 N–H and O–H groups in total. The Morgan fingerprint density at radius 2 is 2.36 bits per heavy atom. The molecule has 0 fully saturated rings. The SMILES string of the molecule is Pn1cc(Br)c2cncnc21. The van der Waals surface area contributed by atoms with Crippen LogP contribution in [-0.4, -0.2) is 14.3 Å². The first kappa shape index (κ1) is 7.19. The van der Waals surface area contributed by atoms with Gasteiger partial charge in [0.1, 0.15) is 12.0 Å². The molecule has 2 rings (SSSR count). The lowest BCUT2D eigenvalue weighted by Crippen LogP contribution is -1.80. The van der Waals surface area contributed by atoms with E-state index in [4.69, 9.17) is 0 Å². The topological polar surface area (TPSA) is 30.7 Å². The molecular weight excluding hydrogens is 225 g/mol. The summed E-state index contributed by atoms with van der Waals surface area (Å²) in [5.74, 6) is 0. The Morgan fingerprint density at radius 1 is 1.55 bits per heavy atom. The zero-order chi connectivity index (χ0) is 7.84. The van der Waals surface area contributed by atoms with Gasteiger partial charge in [0.2, 0.25) is 0 Å². The van der Waals surface area contributed by atoms with Gasteiger partial charge in [0.15, 0.2) is 0 Å². The summed E-state index contributed by atoms with van der Waals surface area (Å²) in [5, 5.41) is 1.03. The molecule has 0 aliphatic heterocycles. The average molecular weight is 230 g/mol. The van der Waals surface area contributed by atoms with E-state index in [1.807, 2.05) is 10.5 Å². The van der Waals surface area contributed by atoms with Crippen molar-refractivity contribution in [1.82, 2.24) is 14.3 Å². The molecule has 0 saturated heterocycles. The van der Waals surface area contributed by atoms with Gasteiger partial charge >= 0.3 is 0 Å². The molecule has 2 aromatic heterocycles. The number of halogens is 1. The van der Waals surface area contributed by atoms with E-state index in [0.29, 0.717) is 0 Å². The molecule has 5 heteroatoms. The summed E-state index contributed by atoms with van der Waals surface area (Å²) >= 11 is 3.40. The molecule has 0 bridgehead atoms. The zero-order valence-corrected chi connectivity index (χ0v) is 8.27. The minimum atomic E-state index is 0.914. The lowest BCUT2D eigenvalue weighted by molar-refractivity contribution is 1.18. The van der Waals surface area contributed by atoms with Crippen LogP contribution in [0, 0.1) is 0 Å². The molecule has 1 unspecified atom stereocenters. The predicted octanol–water partition coefficient (Wildman–Crippen LogP) is 1.83. The van der Waals surface area contributed by atoms with Gasteiger partial charge in [0, 0.05) is 16.9 Å². The standard InChI is InChI=1S/C6H5BrN3P/c7-5-2-10(11)6-4(5)1-8-3-9-6/h1-3H,11H2. The average Bonchev–Trinajstić information content (AvgIpc) is 2.30. The number of fused-ring (bicyclic) bond motifs is 1. The minimum Gasteiger partial charge on any atom is -0.316 e. The van der Waals surface area contributed by atoms with Crippen molar-refractivity contribution in [2.45, 2.75) is 0 Å². The smallest absolute Gasteiger partial charge is 0.147 e. The quantitative estimate of drug-likeness (QED) is 0.646. The highest BCUT2D eigenvalue weighted by Gasteiger charge is 2.03. The zero-order valence-electron chi connectivity index (χ0n) is 5.53. The van der Waals surface area contributed by atoms with Crippen molar-refractivity contribution in [1.29, 1.82) is 0 Å². The number of hydrogen-bond donors (Lipinski definition) is 0. The summed E-state index contributed by atoms with van der Waals surface area (Å²) in [5.41, 5.74) is 0.914. The van der Waals surface area contributed by atoms with Gasteiger partial charge in [-0.2, -0.15) is 0 Å². The monoisotopic (exact) mass is 229 g/mol. The van der Waals surface area contributed by atoms with E-state index in [9.17, 15) is 0 Å². The van der Waals surface area contributed by atoms with Gasteiger partial charge in [-0.25, -0.2) is 9.97 Å². The van der Waals surface area contributed by atoms with Crippen molar-refractivity contribution in [2.75, 3.05) is 0 Å². The number of rotatable bonds is 0. The van der Waals surface area contributed by atoms with Gasteiger partial charge in [-0.05, 0) is 25.3 Å². The highest BCUT2D eigenvalue weighted by molar-refractivity contribution is 9.10. The molecule has 0 saturated carbocycles. The minimum absolute atomic E-state index is 0.914. The first-order valence-corrected chi connectivity index (χ1v) is 4.31. The lowest BCUT2D eigenvalue weighted by Gasteiger charge is -1.90. The fraction of sp³-hybridized carbons (Fsp3) is 0. The molecule has 3 nitrogen and oxygen atoms in total. The largest absolute Gasteiger partial charge is 0.316 e. The van der Waals surface area contributed by atoms with Crippen LogP contribution in [0.5, 0.6) is 0 Å². The normalized spacial score (nSPS) is 10.7. The number of nitrogens with zero attached hydrogens (tertiary/aromatic N) is 3. The summed E-state index contributed by atoms with van der Waals surface area (Å²) in [6.07, 6.45) is 5.26. The summed E-state index contributed by atoms with van der Waals surface area (Å²) in [4.78, 5) is 8.03. The van der Waals surface area contributed by atoms with Crippen molar-refractivity contribution >= 4 is 36.4 Å². The Labute approximate surface area is 74.2 Å². The van der Waals surface area contributed by atoms with Crippen molar-refractivity contribution in [3.63, 3.8) is 0 Å². The van der Waals surface area contributed by atoms with Crippen molar-refractivity contribution in [3.8, 4) is 0 Å². The van der Waals surface area contributed by atoms with Crippen LogP contribution in [0.2, 0.25) is 0 Å². The first-order chi connectivity index (χ1) is 5.29. The van der Waals surface area contributed by atoms with Crippen LogP contribution in [0.15, 0.2) is 23.2 Å². The molecule has 56 valence electrons. The van der Waals surface area contributed by atoms with Crippen LogP contribution in [0.25, 0.3) is 11.0 Å². The molecular formula is C6H5BrN3P. The molecule has 0 aliphatic rings. The number of aromatic nitrogens is 3. The van der Waals surface area contributed by atoms with Crippen LogP contribution < -0.4 is 0 Å². The van der Waals surface area contributed by atoms with Crippen molar-refractivity contribution in [2.24, 2.45) is 0 Å². The Bertz CT molecular complexity index is 362. The molecule has 11 heavy (non-hydrogen) atoms. The molecule has 0 aliphatic carbocycles. The first-order valence-electron chi connectivity index (χ1n) is 3.00. The second-order valence-corrected chi connectivity index (χ2v) is 3.56. The third-order valence-electron chi connectivity index (χ3n) is 1.45. The Morgan fingerprint density at radius 3 is 3.09 bits per heavy atom. The molecule has 0 radical (unpaired) electrons. The van der Waals surface area contributed by atoms with Crippen LogP contribution >= 0.6 is 25.3 Å². The maximum atomic E-state index is 4.10. The summed E-state index contributed by atoms with van der Waals surface area (Å²) in [6.45, 7) is 0. The highest BCUT2D eigenvalue weighted by Crippen LogP contribution is 2.24. The van der Waals surface area contributed by atoms with Gasteiger partial charge in [-0.3, -0.25) is 0 Å². The molecule has 2 heterocycles. The fourth-order valence-electron chi connectivity index (χ4n) is 0.950. The second-order valence-electron chi connectivity index (χ2n) is 2.14.